The van der Waals surface area contributed by atoms with Gasteiger partial charge in [-0.2, -0.15) is 18.3 Å². The molecule has 160 valence electrons. The molecule has 11 heteroatoms. The fraction of sp³-hybridized carbons (Fsp3) is 0.200. The van der Waals surface area contributed by atoms with Crippen molar-refractivity contribution in [3.05, 3.63) is 71.6 Å². The van der Waals surface area contributed by atoms with Gasteiger partial charge in [-0.15, -0.1) is 0 Å². The molecule has 1 aliphatic heterocycles. The Morgan fingerprint density at radius 1 is 1.16 bits per heavy atom. The maximum absolute atomic E-state index is 13.8. The summed E-state index contributed by atoms with van der Waals surface area (Å²) in [5.41, 5.74) is -0.812. The third kappa shape index (κ3) is 3.74. The van der Waals surface area contributed by atoms with Gasteiger partial charge in [0.15, 0.2) is 5.82 Å². The lowest BCUT2D eigenvalue weighted by molar-refractivity contribution is -0.137. The van der Waals surface area contributed by atoms with E-state index in [1.807, 2.05) is 0 Å². The molecule has 0 bridgehead atoms. The SMILES string of the molecule is CC1CN(c2ccc(C(F)(F)F)cc2)C(=O)c2c(C(=O)Nc3ccncc3F)cnn21. The lowest BCUT2D eigenvalue weighted by Gasteiger charge is -2.32. The van der Waals surface area contributed by atoms with E-state index in [4.69, 9.17) is 0 Å². The number of hydrogen-bond acceptors (Lipinski definition) is 4. The number of fused-ring (bicyclic) bond motifs is 1. The maximum Gasteiger partial charge on any atom is 0.416 e. The van der Waals surface area contributed by atoms with Crippen LogP contribution < -0.4 is 10.2 Å². The summed E-state index contributed by atoms with van der Waals surface area (Å²) < 4.78 is 53.7. The third-order valence-corrected chi connectivity index (χ3v) is 4.88. The number of carbonyl (C=O) groups is 2. The minimum atomic E-state index is -4.50. The molecule has 0 radical (unpaired) electrons. The molecule has 1 atom stereocenters. The van der Waals surface area contributed by atoms with Crippen LogP contribution in [0.4, 0.5) is 28.9 Å². The van der Waals surface area contributed by atoms with Crippen molar-refractivity contribution in [2.45, 2.75) is 19.1 Å². The number of benzene rings is 1. The highest BCUT2D eigenvalue weighted by Crippen LogP contribution is 2.33. The van der Waals surface area contributed by atoms with Gasteiger partial charge >= 0.3 is 6.18 Å². The molecule has 2 amide bonds. The molecular weight excluding hydrogens is 418 g/mol. The van der Waals surface area contributed by atoms with Crippen LogP contribution in [0.25, 0.3) is 0 Å². The van der Waals surface area contributed by atoms with E-state index in [0.29, 0.717) is 0 Å². The number of hydrogen-bond donors (Lipinski definition) is 1. The average Bonchev–Trinajstić information content (AvgIpc) is 3.18. The van der Waals surface area contributed by atoms with E-state index in [9.17, 15) is 27.2 Å². The Kier molecular flexibility index (Phi) is 4.96. The van der Waals surface area contributed by atoms with Gasteiger partial charge in [-0.05, 0) is 37.3 Å². The van der Waals surface area contributed by atoms with E-state index >= 15 is 0 Å². The summed E-state index contributed by atoms with van der Waals surface area (Å²) in [6, 6.07) is 5.09. The van der Waals surface area contributed by atoms with Crippen molar-refractivity contribution in [1.29, 1.82) is 0 Å². The van der Waals surface area contributed by atoms with E-state index in [0.717, 1.165) is 18.3 Å². The fourth-order valence-electron chi connectivity index (χ4n) is 3.35. The number of rotatable bonds is 3. The number of anilines is 2. The van der Waals surface area contributed by atoms with Crippen molar-refractivity contribution in [2.75, 3.05) is 16.8 Å². The Bertz CT molecular complexity index is 1160. The standard InChI is InChI=1S/C20H15F4N5O2/c1-11-10-28(13-4-2-12(3-5-13)20(22,23)24)19(31)17-14(8-26-29(11)17)18(30)27-16-6-7-25-9-15(16)21/h2-9,11H,10H2,1H3,(H,25,27,30). The lowest BCUT2D eigenvalue weighted by Crippen LogP contribution is -2.43. The number of nitrogens with one attached hydrogen (secondary N) is 1. The molecular formula is C20H15F4N5O2. The lowest BCUT2D eigenvalue weighted by atomic mass is 10.1. The summed E-state index contributed by atoms with van der Waals surface area (Å²) in [6.07, 6.45) is -1.06. The third-order valence-electron chi connectivity index (χ3n) is 4.88. The number of amides is 2. The fourth-order valence-corrected chi connectivity index (χ4v) is 3.35. The number of pyridine rings is 1. The molecule has 4 rings (SSSR count). The molecule has 1 aliphatic rings. The van der Waals surface area contributed by atoms with Gasteiger partial charge in [-0.25, -0.2) is 4.39 Å². The summed E-state index contributed by atoms with van der Waals surface area (Å²) in [5, 5.41) is 6.48. The van der Waals surface area contributed by atoms with E-state index in [1.165, 1.54) is 40.2 Å². The number of halogens is 4. The molecule has 1 aromatic carbocycles. The molecule has 0 saturated carbocycles. The second kappa shape index (κ2) is 7.49. The first-order chi connectivity index (χ1) is 14.7. The Morgan fingerprint density at radius 3 is 2.52 bits per heavy atom. The molecule has 7 nitrogen and oxygen atoms in total. The van der Waals surface area contributed by atoms with Crippen molar-refractivity contribution < 1.29 is 27.2 Å². The molecule has 0 aliphatic carbocycles. The van der Waals surface area contributed by atoms with Crippen LogP contribution >= 0.6 is 0 Å². The first-order valence-corrected chi connectivity index (χ1v) is 9.14. The van der Waals surface area contributed by atoms with Crippen LogP contribution in [0.15, 0.2) is 48.9 Å². The van der Waals surface area contributed by atoms with Crippen LogP contribution in [0.2, 0.25) is 0 Å². The van der Waals surface area contributed by atoms with Gasteiger partial charge in [0, 0.05) is 18.4 Å². The number of aromatic nitrogens is 3. The van der Waals surface area contributed by atoms with Gasteiger partial charge in [0.2, 0.25) is 0 Å². The second-order valence-electron chi connectivity index (χ2n) is 6.97. The number of carbonyl (C=O) groups excluding carboxylic acids is 2. The summed E-state index contributed by atoms with van der Waals surface area (Å²) in [6.45, 7) is 1.91. The van der Waals surface area contributed by atoms with E-state index in [2.05, 4.69) is 15.4 Å². The van der Waals surface area contributed by atoms with Gasteiger partial charge in [0.25, 0.3) is 11.8 Å². The van der Waals surface area contributed by atoms with Crippen molar-refractivity contribution in [2.24, 2.45) is 0 Å². The Balaban J connectivity index is 1.66. The molecule has 3 aromatic rings. The smallest absolute Gasteiger partial charge is 0.319 e. The van der Waals surface area contributed by atoms with Gasteiger partial charge in [0.05, 0.1) is 35.2 Å². The van der Waals surface area contributed by atoms with Crippen molar-refractivity contribution in [3.63, 3.8) is 0 Å². The topological polar surface area (TPSA) is 80.1 Å². The van der Waals surface area contributed by atoms with Crippen LogP contribution in [0.5, 0.6) is 0 Å². The summed E-state index contributed by atoms with van der Waals surface area (Å²) >= 11 is 0. The zero-order chi connectivity index (χ0) is 22.3. The zero-order valence-corrected chi connectivity index (χ0v) is 16.0. The molecule has 1 unspecified atom stereocenters. The quantitative estimate of drug-likeness (QED) is 0.636. The first-order valence-electron chi connectivity index (χ1n) is 9.14. The van der Waals surface area contributed by atoms with Gasteiger partial charge in [-0.1, -0.05) is 0 Å². The van der Waals surface area contributed by atoms with Crippen molar-refractivity contribution in [3.8, 4) is 0 Å². The van der Waals surface area contributed by atoms with E-state index in [1.54, 1.807) is 6.92 Å². The van der Waals surface area contributed by atoms with Crippen LogP contribution in [0.3, 0.4) is 0 Å². The molecule has 1 N–H and O–H groups in total. The number of nitrogens with zero attached hydrogens (tertiary/aromatic N) is 4. The molecule has 0 fully saturated rings. The van der Waals surface area contributed by atoms with Crippen LogP contribution in [-0.2, 0) is 6.18 Å². The predicted molar refractivity (Wildman–Crippen MR) is 102 cm³/mol. The van der Waals surface area contributed by atoms with Gasteiger partial charge in [-0.3, -0.25) is 19.3 Å². The van der Waals surface area contributed by atoms with E-state index < -0.39 is 29.4 Å². The normalized spacial score (nSPS) is 16.2. The van der Waals surface area contributed by atoms with Gasteiger partial charge < -0.3 is 10.2 Å². The molecule has 0 saturated heterocycles. The minimum Gasteiger partial charge on any atom is -0.319 e. The maximum atomic E-state index is 13.8. The summed E-state index contributed by atoms with van der Waals surface area (Å²) in [4.78, 5) is 30.7. The highest BCUT2D eigenvalue weighted by Gasteiger charge is 2.36. The van der Waals surface area contributed by atoms with Crippen molar-refractivity contribution >= 4 is 23.2 Å². The predicted octanol–water partition coefficient (Wildman–Crippen LogP) is 3.91. The highest BCUT2D eigenvalue weighted by molar-refractivity contribution is 6.15. The molecule has 0 spiro atoms. The largest absolute Gasteiger partial charge is 0.416 e. The molecule has 3 heterocycles. The zero-order valence-electron chi connectivity index (χ0n) is 16.0. The van der Waals surface area contributed by atoms with Crippen LogP contribution in [0, 0.1) is 5.82 Å². The number of alkyl halides is 3. The average molecular weight is 433 g/mol. The molecule has 2 aromatic heterocycles. The Hall–Kier alpha value is -3.76. The van der Waals surface area contributed by atoms with Crippen LogP contribution in [-0.4, -0.2) is 33.1 Å². The summed E-state index contributed by atoms with van der Waals surface area (Å²) in [7, 11) is 0. The summed E-state index contributed by atoms with van der Waals surface area (Å²) in [5.74, 6) is -2.10. The van der Waals surface area contributed by atoms with E-state index in [-0.39, 0.29) is 35.2 Å². The first kappa shape index (κ1) is 20.5. The van der Waals surface area contributed by atoms with Crippen LogP contribution in [0.1, 0.15) is 39.4 Å². The second-order valence-corrected chi connectivity index (χ2v) is 6.97. The van der Waals surface area contributed by atoms with Gasteiger partial charge in [0.1, 0.15) is 5.69 Å². The van der Waals surface area contributed by atoms with Crippen molar-refractivity contribution in [1.82, 2.24) is 14.8 Å². The Morgan fingerprint density at radius 2 is 1.87 bits per heavy atom. The minimum absolute atomic E-state index is 0.0365. The Labute approximate surface area is 173 Å². The molecule has 31 heavy (non-hydrogen) atoms. The highest BCUT2D eigenvalue weighted by atomic mass is 19.4. The monoisotopic (exact) mass is 433 g/mol.